The maximum absolute atomic E-state index is 12.6. The van der Waals surface area contributed by atoms with Gasteiger partial charge < -0.3 is 20.1 Å². The van der Waals surface area contributed by atoms with Gasteiger partial charge in [0.05, 0.1) is 18.6 Å². The van der Waals surface area contributed by atoms with Gasteiger partial charge in [0.15, 0.2) is 0 Å². The second-order valence-corrected chi connectivity index (χ2v) is 9.66. The van der Waals surface area contributed by atoms with Crippen molar-refractivity contribution in [3.8, 4) is 0 Å². The summed E-state index contributed by atoms with van der Waals surface area (Å²) in [6.45, 7) is 3.98. The van der Waals surface area contributed by atoms with Crippen LogP contribution in [0.3, 0.4) is 0 Å². The topological polar surface area (TPSA) is 104 Å². The number of hydrogen-bond acceptors (Lipinski definition) is 5. The smallest absolute Gasteiger partial charge is 0.331 e. The number of aliphatic hydroxyl groups excluding tert-OH is 2. The molecule has 1 aliphatic heterocycles. The molecule has 1 heterocycles. The van der Waals surface area contributed by atoms with Gasteiger partial charge in [-0.25, -0.2) is 4.79 Å². The average Bonchev–Trinajstić information content (AvgIpc) is 2.80. The van der Waals surface area contributed by atoms with Crippen LogP contribution in [0.15, 0.2) is 77.4 Å². The first-order valence-corrected chi connectivity index (χ1v) is 12.7. The van der Waals surface area contributed by atoms with Gasteiger partial charge in [-0.15, -0.1) is 0 Å². The molecule has 3 atom stereocenters. The third kappa shape index (κ3) is 12.7. The maximum atomic E-state index is 12.6. The Hall–Kier alpha value is -2.96. The number of carboxylic acids is 1. The Labute approximate surface area is 214 Å². The van der Waals surface area contributed by atoms with Crippen LogP contribution in [0.2, 0.25) is 0 Å². The van der Waals surface area contributed by atoms with Crippen LogP contribution in [-0.2, 0) is 20.7 Å². The van der Waals surface area contributed by atoms with E-state index in [4.69, 9.17) is 4.74 Å². The lowest BCUT2D eigenvalue weighted by Gasteiger charge is -2.23. The van der Waals surface area contributed by atoms with Crippen LogP contribution < -0.4 is 0 Å². The molecule has 0 unspecified atom stereocenters. The first-order chi connectivity index (χ1) is 17.2. The van der Waals surface area contributed by atoms with E-state index >= 15 is 0 Å². The lowest BCUT2D eigenvalue weighted by molar-refractivity contribution is -0.146. The van der Waals surface area contributed by atoms with Gasteiger partial charge in [-0.3, -0.25) is 4.79 Å². The summed E-state index contributed by atoms with van der Waals surface area (Å²) in [5, 5.41) is 30.5. The molecule has 6 heteroatoms. The van der Waals surface area contributed by atoms with Crippen molar-refractivity contribution in [2.45, 2.75) is 89.9 Å². The molecule has 0 saturated carbocycles. The van der Waals surface area contributed by atoms with E-state index in [1.807, 2.05) is 50.3 Å². The number of hydrogen-bond donors (Lipinski definition) is 3. The maximum Gasteiger partial charge on any atom is 0.331 e. The van der Waals surface area contributed by atoms with E-state index in [0.29, 0.717) is 37.7 Å². The zero-order chi connectivity index (χ0) is 26.3. The molecule has 196 valence electrons. The molecule has 0 spiro atoms. The number of benzene rings is 1. The number of rotatable bonds is 9. The molecule has 2 rings (SSSR count). The predicted octanol–water partition coefficient (Wildman–Crippen LogP) is 5.46. The summed E-state index contributed by atoms with van der Waals surface area (Å²) in [7, 11) is 0. The number of aliphatic hydroxyl groups is 2. The van der Waals surface area contributed by atoms with Crippen molar-refractivity contribution in [2.24, 2.45) is 0 Å². The van der Waals surface area contributed by atoms with Crippen molar-refractivity contribution in [3.05, 3.63) is 83.0 Å². The van der Waals surface area contributed by atoms with Gasteiger partial charge in [0.2, 0.25) is 0 Å². The molecular weight excluding hydrogens is 456 g/mol. The number of allylic oxidation sites excluding steroid dienone is 5. The molecule has 0 saturated heterocycles. The van der Waals surface area contributed by atoms with Gasteiger partial charge in [0, 0.05) is 18.9 Å². The minimum atomic E-state index is -1.02. The van der Waals surface area contributed by atoms with E-state index in [1.54, 1.807) is 0 Å². The van der Waals surface area contributed by atoms with E-state index in [1.165, 1.54) is 17.2 Å². The first kappa shape index (κ1) is 29.3. The number of carbonyl (C=O) groups is 2. The van der Waals surface area contributed by atoms with E-state index < -0.39 is 30.3 Å². The van der Waals surface area contributed by atoms with Crippen molar-refractivity contribution >= 4 is 11.9 Å². The number of aliphatic carboxylic acids is 1. The summed E-state index contributed by atoms with van der Waals surface area (Å²) in [6.07, 6.45) is 10.8. The largest absolute Gasteiger partial charge is 0.481 e. The molecule has 3 N–H and O–H groups in total. The number of ether oxygens (including phenoxy) is 1. The Morgan fingerprint density at radius 2 is 1.97 bits per heavy atom. The third-order valence-electron chi connectivity index (χ3n) is 6.16. The molecule has 1 aromatic carbocycles. The highest BCUT2D eigenvalue weighted by atomic mass is 16.5. The minimum Gasteiger partial charge on any atom is -0.481 e. The lowest BCUT2D eigenvalue weighted by Crippen LogP contribution is -2.28. The van der Waals surface area contributed by atoms with Crippen LogP contribution >= 0.6 is 0 Å². The van der Waals surface area contributed by atoms with E-state index in [2.05, 4.69) is 18.2 Å². The molecular formula is C30H40O6. The number of carbonyl (C=O) groups excluding carboxylic acids is 1. The van der Waals surface area contributed by atoms with Crippen molar-refractivity contribution in [3.63, 3.8) is 0 Å². The molecule has 0 radical (unpaired) electrons. The summed E-state index contributed by atoms with van der Waals surface area (Å²) < 4.78 is 5.61. The van der Waals surface area contributed by atoms with Gasteiger partial charge >= 0.3 is 11.9 Å². The Bertz CT molecular complexity index is 957. The molecule has 0 aliphatic carbocycles. The fourth-order valence-electron chi connectivity index (χ4n) is 4.20. The molecule has 1 aromatic rings. The Morgan fingerprint density at radius 3 is 2.69 bits per heavy atom. The standard InChI is InChI=1S/C30H40O6/c1-22(13-15-24-10-6-4-7-11-24)14-16-26(31)20-28-21-27(32)17-23(2)9-5-3-8-12-25(18-29(33)34)19-30(35)36-28/h3-4,6-11,13,19,26-28,31-32H,5,12,14-18,20-21H2,1-2H3,(H,33,34)/t26-,27-,28+/m1/s1. The number of esters is 1. The van der Waals surface area contributed by atoms with Crippen molar-refractivity contribution in [1.29, 1.82) is 0 Å². The second kappa shape index (κ2) is 15.9. The van der Waals surface area contributed by atoms with Crippen molar-refractivity contribution in [1.82, 2.24) is 0 Å². The fraction of sp³-hybridized carbons (Fsp3) is 0.467. The van der Waals surface area contributed by atoms with Gasteiger partial charge in [0.25, 0.3) is 0 Å². The number of carboxylic acid groups (broad SMARTS) is 1. The molecule has 1 aliphatic rings. The molecule has 0 amide bonds. The Balaban J connectivity index is 2.03. The van der Waals surface area contributed by atoms with Crippen LogP contribution in [0, 0.1) is 0 Å². The van der Waals surface area contributed by atoms with Crippen LogP contribution in [0.4, 0.5) is 0 Å². The van der Waals surface area contributed by atoms with Crippen LogP contribution in [0.25, 0.3) is 0 Å². The van der Waals surface area contributed by atoms with Gasteiger partial charge in [0.1, 0.15) is 6.10 Å². The minimum absolute atomic E-state index is 0.203. The summed E-state index contributed by atoms with van der Waals surface area (Å²) in [5.41, 5.74) is 3.88. The van der Waals surface area contributed by atoms with Gasteiger partial charge in [-0.1, -0.05) is 65.8 Å². The van der Waals surface area contributed by atoms with E-state index in [0.717, 1.165) is 12.0 Å². The summed E-state index contributed by atoms with van der Waals surface area (Å²) in [4.78, 5) is 23.8. The molecule has 6 nitrogen and oxygen atoms in total. The van der Waals surface area contributed by atoms with E-state index in [9.17, 15) is 24.9 Å². The molecule has 0 aromatic heterocycles. The fourth-order valence-corrected chi connectivity index (χ4v) is 4.20. The van der Waals surface area contributed by atoms with Crippen LogP contribution in [0.1, 0.15) is 70.8 Å². The summed E-state index contributed by atoms with van der Waals surface area (Å²) >= 11 is 0. The SMILES string of the molecule is CC(=CCc1ccccc1)CC[C@@H](O)C[C@H]1C[C@H](O)CC(C)=CCC=CCC(CC(=O)O)=CC(=O)O1. The van der Waals surface area contributed by atoms with Crippen molar-refractivity contribution < 1.29 is 29.6 Å². The zero-order valence-corrected chi connectivity index (χ0v) is 21.4. The summed E-state index contributed by atoms with van der Waals surface area (Å²) in [6, 6.07) is 10.2. The molecule has 0 bridgehead atoms. The Morgan fingerprint density at radius 1 is 1.22 bits per heavy atom. The average molecular weight is 497 g/mol. The molecule has 0 fully saturated rings. The second-order valence-electron chi connectivity index (χ2n) is 9.66. The number of cyclic esters (lactones) is 1. The highest BCUT2D eigenvalue weighted by molar-refractivity contribution is 5.84. The monoisotopic (exact) mass is 496 g/mol. The third-order valence-corrected chi connectivity index (χ3v) is 6.16. The van der Waals surface area contributed by atoms with Crippen LogP contribution in [0.5, 0.6) is 0 Å². The normalized spacial score (nSPS) is 21.1. The quantitative estimate of drug-likeness (QED) is 0.310. The highest BCUT2D eigenvalue weighted by Gasteiger charge is 2.22. The Kier molecular flexibility index (Phi) is 12.9. The van der Waals surface area contributed by atoms with Gasteiger partial charge in [-0.2, -0.15) is 0 Å². The highest BCUT2D eigenvalue weighted by Crippen LogP contribution is 2.20. The lowest BCUT2D eigenvalue weighted by atomic mass is 9.97. The zero-order valence-electron chi connectivity index (χ0n) is 21.4. The van der Waals surface area contributed by atoms with Crippen molar-refractivity contribution in [2.75, 3.05) is 0 Å². The summed E-state index contributed by atoms with van der Waals surface area (Å²) in [5.74, 6) is -1.66. The predicted molar refractivity (Wildman–Crippen MR) is 141 cm³/mol. The van der Waals surface area contributed by atoms with Crippen LogP contribution in [-0.4, -0.2) is 45.6 Å². The molecule has 36 heavy (non-hydrogen) atoms. The first-order valence-electron chi connectivity index (χ1n) is 12.7. The van der Waals surface area contributed by atoms with Gasteiger partial charge in [-0.05, 0) is 63.5 Å². The van der Waals surface area contributed by atoms with E-state index in [-0.39, 0.29) is 19.3 Å².